The maximum Gasteiger partial charge on any atom is 0.221 e. The molecular formula is C26H25N3O4. The zero-order valence-corrected chi connectivity index (χ0v) is 18.6. The van der Waals surface area contributed by atoms with Gasteiger partial charge in [0.05, 0.1) is 35.0 Å². The SMILES string of the molecule is COc1ccc2c3c1OC1c4nc5ccccc5c(NC(C)=O)c4CC4(O)[C@@H](C2)NCC[C@]314. The normalized spacial score (nSPS) is 30.3. The zero-order valence-electron chi connectivity index (χ0n) is 18.6. The van der Waals surface area contributed by atoms with E-state index in [9.17, 15) is 9.90 Å². The molecule has 1 fully saturated rings. The van der Waals surface area contributed by atoms with Crippen LogP contribution in [-0.2, 0) is 23.1 Å². The smallest absolute Gasteiger partial charge is 0.221 e. The highest BCUT2D eigenvalue weighted by atomic mass is 16.5. The van der Waals surface area contributed by atoms with Crippen LogP contribution < -0.4 is 20.1 Å². The predicted octanol–water partition coefficient (Wildman–Crippen LogP) is 2.78. The summed E-state index contributed by atoms with van der Waals surface area (Å²) in [4.78, 5) is 17.3. The van der Waals surface area contributed by atoms with E-state index < -0.39 is 17.1 Å². The van der Waals surface area contributed by atoms with Crippen LogP contribution in [0.2, 0.25) is 0 Å². The summed E-state index contributed by atoms with van der Waals surface area (Å²) in [5.74, 6) is 1.26. The van der Waals surface area contributed by atoms with Gasteiger partial charge in [0.1, 0.15) is 0 Å². The molecule has 0 saturated carbocycles. The number of ether oxygens (including phenoxy) is 2. The van der Waals surface area contributed by atoms with Gasteiger partial charge in [0.15, 0.2) is 17.6 Å². The summed E-state index contributed by atoms with van der Waals surface area (Å²) in [6.07, 6.45) is 1.38. The average Bonchev–Trinajstić information content (AvgIpc) is 3.14. The van der Waals surface area contributed by atoms with Crippen LogP contribution in [0.4, 0.5) is 5.69 Å². The number of rotatable bonds is 2. The highest BCUT2D eigenvalue weighted by Gasteiger charge is 2.71. The Hall–Kier alpha value is -3.16. The van der Waals surface area contributed by atoms with Crippen LogP contribution >= 0.6 is 0 Å². The van der Waals surface area contributed by atoms with Gasteiger partial charge in [-0.3, -0.25) is 4.79 Å². The van der Waals surface area contributed by atoms with E-state index in [-0.39, 0.29) is 11.9 Å². The molecule has 2 unspecified atom stereocenters. The van der Waals surface area contributed by atoms with E-state index >= 15 is 0 Å². The van der Waals surface area contributed by atoms with E-state index in [1.165, 1.54) is 12.5 Å². The van der Waals surface area contributed by atoms with Crippen molar-refractivity contribution >= 4 is 22.5 Å². The van der Waals surface area contributed by atoms with Gasteiger partial charge in [0.25, 0.3) is 0 Å². The third-order valence-electron chi connectivity index (χ3n) is 8.26. The van der Waals surface area contributed by atoms with Gasteiger partial charge in [-0.05, 0) is 37.1 Å². The van der Waals surface area contributed by atoms with Crippen LogP contribution in [0.5, 0.6) is 11.5 Å². The fourth-order valence-corrected chi connectivity index (χ4v) is 7.02. The molecule has 7 heteroatoms. The topological polar surface area (TPSA) is 92.7 Å². The molecule has 2 bridgehead atoms. The first-order chi connectivity index (χ1) is 16.0. The summed E-state index contributed by atoms with van der Waals surface area (Å²) in [6.45, 7) is 2.31. The Morgan fingerprint density at radius 2 is 2.15 bits per heavy atom. The van der Waals surface area contributed by atoms with Crippen molar-refractivity contribution in [1.29, 1.82) is 0 Å². The van der Waals surface area contributed by atoms with Gasteiger partial charge in [-0.25, -0.2) is 4.98 Å². The van der Waals surface area contributed by atoms with Gasteiger partial charge >= 0.3 is 0 Å². The van der Waals surface area contributed by atoms with Crippen LogP contribution in [0, 0.1) is 0 Å². The number of carbonyl (C=O) groups excluding carboxylic acids is 1. The second-order valence-corrected chi connectivity index (χ2v) is 9.71. The first-order valence-electron chi connectivity index (χ1n) is 11.5. The second kappa shape index (κ2) is 6.24. The molecule has 33 heavy (non-hydrogen) atoms. The Bertz CT molecular complexity index is 1370. The number of nitrogens with one attached hydrogen (secondary N) is 2. The van der Waals surface area contributed by atoms with E-state index in [4.69, 9.17) is 14.5 Å². The Kier molecular flexibility index (Phi) is 3.66. The third kappa shape index (κ3) is 2.17. The maximum atomic E-state index is 12.5. The molecular weight excluding hydrogens is 418 g/mol. The average molecular weight is 444 g/mol. The number of hydrogen-bond donors (Lipinski definition) is 3. The monoisotopic (exact) mass is 443 g/mol. The van der Waals surface area contributed by atoms with E-state index in [0.717, 1.165) is 52.1 Å². The maximum absolute atomic E-state index is 12.5. The minimum Gasteiger partial charge on any atom is -0.493 e. The molecule has 168 valence electrons. The molecule has 7 nitrogen and oxygen atoms in total. The van der Waals surface area contributed by atoms with Crippen molar-refractivity contribution in [2.24, 2.45) is 0 Å². The van der Waals surface area contributed by atoms with Gasteiger partial charge in [-0.15, -0.1) is 0 Å². The first-order valence-corrected chi connectivity index (χ1v) is 11.5. The number of para-hydroxylation sites is 1. The molecule has 0 radical (unpaired) electrons. The summed E-state index contributed by atoms with van der Waals surface area (Å²) >= 11 is 0. The number of methoxy groups -OCH3 is 1. The highest BCUT2D eigenvalue weighted by molar-refractivity contribution is 6.02. The number of anilines is 1. The fourth-order valence-electron chi connectivity index (χ4n) is 7.02. The number of hydrogen-bond acceptors (Lipinski definition) is 6. The molecule has 4 atom stereocenters. The summed E-state index contributed by atoms with van der Waals surface area (Å²) in [5, 5.41) is 20.0. The van der Waals surface area contributed by atoms with E-state index in [2.05, 4.69) is 16.7 Å². The minimum absolute atomic E-state index is 0.117. The number of aromatic nitrogens is 1. The number of carbonyl (C=O) groups is 1. The number of benzene rings is 2. The second-order valence-electron chi connectivity index (χ2n) is 9.71. The lowest BCUT2D eigenvalue weighted by molar-refractivity contribution is -0.134. The summed E-state index contributed by atoms with van der Waals surface area (Å²) < 4.78 is 12.4. The van der Waals surface area contributed by atoms with Crippen molar-refractivity contribution in [2.45, 2.75) is 49.3 Å². The van der Waals surface area contributed by atoms with Crippen LogP contribution in [-0.4, -0.2) is 41.3 Å². The van der Waals surface area contributed by atoms with Crippen molar-refractivity contribution in [1.82, 2.24) is 10.3 Å². The molecule has 3 N–H and O–H groups in total. The Balaban J connectivity index is 1.58. The standard InChI is InChI=1S/C26H25N3O4/c1-13(30)28-21-15-5-3-4-6-17(15)29-22-16(21)12-26(31)19-11-14-7-8-18(32-2)23-20(14)25(26,9-10-27-19)24(22)33-23/h3-8,19,24,27,31H,9-12H2,1-2H3,(H,28,29,30)/t19-,24?,25+,26?/m1/s1. The number of nitrogens with zero attached hydrogens (tertiary/aromatic N) is 1. The quantitative estimate of drug-likeness (QED) is 0.564. The van der Waals surface area contributed by atoms with Crippen molar-refractivity contribution < 1.29 is 19.4 Å². The van der Waals surface area contributed by atoms with Gasteiger partial charge in [-0.2, -0.15) is 0 Å². The number of pyridine rings is 1. The molecule has 1 saturated heterocycles. The lowest BCUT2D eigenvalue weighted by Crippen LogP contribution is -2.74. The van der Waals surface area contributed by atoms with Gasteiger partial charge < -0.3 is 25.2 Å². The number of fused-ring (bicyclic) bond motifs is 3. The fraction of sp³-hybridized carbons (Fsp3) is 0.385. The lowest BCUT2D eigenvalue weighted by atomic mass is 9.49. The van der Waals surface area contributed by atoms with Crippen molar-refractivity contribution in [2.75, 3.05) is 19.0 Å². The predicted molar refractivity (Wildman–Crippen MR) is 123 cm³/mol. The molecule has 7 rings (SSSR count). The highest BCUT2D eigenvalue weighted by Crippen LogP contribution is 2.68. The van der Waals surface area contributed by atoms with E-state index in [1.54, 1.807) is 7.11 Å². The molecule has 2 aliphatic heterocycles. The number of aliphatic hydroxyl groups is 1. The van der Waals surface area contributed by atoms with Crippen molar-refractivity contribution in [3.8, 4) is 11.5 Å². The molecule has 1 spiro atoms. The minimum atomic E-state index is -1.08. The molecule has 4 aliphatic rings. The van der Waals surface area contributed by atoms with Gasteiger partial charge in [0, 0.05) is 35.9 Å². The number of piperidine rings is 1. The zero-order chi connectivity index (χ0) is 22.5. The van der Waals surface area contributed by atoms with Gasteiger partial charge in [0.2, 0.25) is 5.91 Å². The van der Waals surface area contributed by atoms with Crippen LogP contribution in [0.3, 0.4) is 0 Å². The summed E-state index contributed by atoms with van der Waals surface area (Å²) in [5.41, 5.74) is 3.76. The number of amides is 1. The lowest BCUT2D eigenvalue weighted by Gasteiger charge is -2.60. The Morgan fingerprint density at radius 3 is 2.97 bits per heavy atom. The van der Waals surface area contributed by atoms with E-state index in [1.807, 2.05) is 30.3 Å². The third-order valence-corrected chi connectivity index (χ3v) is 8.26. The summed E-state index contributed by atoms with van der Waals surface area (Å²) in [7, 11) is 1.65. The van der Waals surface area contributed by atoms with Crippen LogP contribution in [0.15, 0.2) is 36.4 Å². The van der Waals surface area contributed by atoms with Crippen molar-refractivity contribution in [3.63, 3.8) is 0 Å². The Morgan fingerprint density at radius 1 is 1.30 bits per heavy atom. The molecule has 1 aromatic heterocycles. The first kappa shape index (κ1) is 19.3. The van der Waals surface area contributed by atoms with E-state index in [0.29, 0.717) is 18.6 Å². The molecule has 2 aliphatic carbocycles. The van der Waals surface area contributed by atoms with Crippen LogP contribution in [0.25, 0.3) is 10.9 Å². The summed E-state index contributed by atoms with van der Waals surface area (Å²) in [6, 6.07) is 11.8. The molecule has 1 amide bonds. The van der Waals surface area contributed by atoms with Gasteiger partial charge in [-0.1, -0.05) is 24.3 Å². The Labute approximate surface area is 191 Å². The largest absolute Gasteiger partial charge is 0.493 e. The molecule has 3 heterocycles. The molecule has 2 aromatic carbocycles. The molecule has 3 aromatic rings. The van der Waals surface area contributed by atoms with Crippen molar-refractivity contribution in [3.05, 3.63) is 58.8 Å². The van der Waals surface area contributed by atoms with Crippen LogP contribution in [0.1, 0.15) is 41.8 Å².